The molecule has 3 aliphatic rings. The third-order valence-corrected chi connectivity index (χ3v) is 4.70. The largest absolute Gasteiger partial charge is 0.481 e. The lowest BCUT2D eigenvalue weighted by Gasteiger charge is -2.19. The van der Waals surface area contributed by atoms with Crippen LogP contribution in [-0.2, 0) is 14.4 Å². The van der Waals surface area contributed by atoms with Crippen LogP contribution in [0.5, 0.6) is 0 Å². The molecule has 5 heteroatoms. The minimum absolute atomic E-state index is 0.0903. The van der Waals surface area contributed by atoms with Gasteiger partial charge in [0, 0.05) is 6.54 Å². The molecule has 0 aromatic rings. The molecule has 0 aromatic carbocycles. The maximum absolute atomic E-state index is 12.2. The Morgan fingerprint density at radius 2 is 1.67 bits per heavy atom. The third kappa shape index (κ3) is 1.56. The summed E-state index contributed by atoms with van der Waals surface area (Å²) in [6.45, 7) is 0.0903. The summed E-state index contributed by atoms with van der Waals surface area (Å²) in [5, 5.41) is 9.15. The Labute approximate surface area is 105 Å². The second-order valence-corrected chi connectivity index (χ2v) is 5.85. The first-order valence-corrected chi connectivity index (χ1v) is 6.64. The molecule has 1 aliphatic heterocycles. The molecule has 2 saturated carbocycles. The molecule has 2 amide bonds. The molecule has 0 radical (unpaired) electrons. The van der Waals surface area contributed by atoms with E-state index in [1.54, 1.807) is 0 Å². The number of hydrogen-bond acceptors (Lipinski definition) is 3. The summed E-state index contributed by atoms with van der Waals surface area (Å²) in [7, 11) is 0. The molecule has 3 rings (SSSR count). The monoisotopic (exact) mass is 251 g/mol. The van der Waals surface area contributed by atoms with Gasteiger partial charge in [0.2, 0.25) is 11.8 Å². The molecule has 5 nitrogen and oxygen atoms in total. The Balaban J connectivity index is 1.79. The van der Waals surface area contributed by atoms with E-state index < -0.39 is 11.4 Å². The average molecular weight is 251 g/mol. The number of carbonyl (C=O) groups excluding carboxylic acids is 2. The maximum Gasteiger partial charge on any atom is 0.311 e. The number of rotatable bonds is 3. The summed E-state index contributed by atoms with van der Waals surface area (Å²) in [6, 6.07) is 0. The minimum Gasteiger partial charge on any atom is -0.481 e. The van der Waals surface area contributed by atoms with Crippen LogP contribution in [0.3, 0.4) is 0 Å². The quantitative estimate of drug-likeness (QED) is 0.760. The molecular weight excluding hydrogens is 234 g/mol. The summed E-state index contributed by atoms with van der Waals surface area (Å²) in [6.07, 6.45) is 4.72. The number of imide groups is 1. The number of carboxylic acids is 1. The van der Waals surface area contributed by atoms with Gasteiger partial charge in [0.1, 0.15) is 0 Å². The fraction of sp³-hybridized carbons (Fsp3) is 0.769. The van der Waals surface area contributed by atoms with Crippen LogP contribution < -0.4 is 0 Å². The predicted molar refractivity (Wildman–Crippen MR) is 61.5 cm³/mol. The zero-order valence-corrected chi connectivity index (χ0v) is 10.2. The standard InChI is InChI=1S/C13H17NO4/c15-10-8-3-1-2-4-9(8)11(16)14(10)7-13(5-6-13)12(17)18/h8-9H,1-7H2,(H,17,18). The molecule has 98 valence electrons. The Bertz CT molecular complexity index is 403. The smallest absolute Gasteiger partial charge is 0.311 e. The van der Waals surface area contributed by atoms with Gasteiger partial charge in [0.15, 0.2) is 0 Å². The summed E-state index contributed by atoms with van der Waals surface area (Å²) in [5.41, 5.74) is -0.835. The van der Waals surface area contributed by atoms with Crippen molar-refractivity contribution < 1.29 is 19.5 Å². The number of aliphatic carboxylic acids is 1. The van der Waals surface area contributed by atoms with Gasteiger partial charge in [-0.15, -0.1) is 0 Å². The molecule has 1 N–H and O–H groups in total. The molecule has 1 heterocycles. The number of carboxylic acid groups (broad SMARTS) is 1. The van der Waals surface area contributed by atoms with Crippen LogP contribution >= 0.6 is 0 Å². The van der Waals surface area contributed by atoms with Gasteiger partial charge in [-0.3, -0.25) is 19.3 Å². The lowest BCUT2D eigenvalue weighted by Crippen LogP contribution is -2.39. The molecule has 18 heavy (non-hydrogen) atoms. The van der Waals surface area contributed by atoms with E-state index in [1.165, 1.54) is 4.90 Å². The lowest BCUT2D eigenvalue weighted by atomic mass is 9.81. The van der Waals surface area contributed by atoms with Gasteiger partial charge in [-0.25, -0.2) is 0 Å². The SMILES string of the molecule is O=C1C2CCCCC2C(=O)N1CC1(C(=O)O)CC1. The van der Waals surface area contributed by atoms with Crippen molar-refractivity contribution >= 4 is 17.8 Å². The second kappa shape index (κ2) is 3.80. The fourth-order valence-electron chi connectivity index (χ4n) is 3.28. The Morgan fingerprint density at radius 3 is 2.06 bits per heavy atom. The molecule has 0 bridgehead atoms. The van der Waals surface area contributed by atoms with E-state index in [2.05, 4.69) is 0 Å². The van der Waals surface area contributed by atoms with Crippen LogP contribution in [0.1, 0.15) is 38.5 Å². The van der Waals surface area contributed by atoms with Crippen LogP contribution in [0.15, 0.2) is 0 Å². The topological polar surface area (TPSA) is 74.7 Å². The number of amides is 2. The van der Waals surface area contributed by atoms with Gasteiger partial charge >= 0.3 is 5.97 Å². The second-order valence-electron chi connectivity index (χ2n) is 5.85. The third-order valence-electron chi connectivity index (χ3n) is 4.70. The summed E-state index contributed by atoms with van der Waals surface area (Å²) < 4.78 is 0. The molecule has 2 atom stereocenters. The van der Waals surface area contributed by atoms with Crippen LogP contribution in [-0.4, -0.2) is 34.3 Å². The van der Waals surface area contributed by atoms with Crippen molar-refractivity contribution in [1.29, 1.82) is 0 Å². The average Bonchev–Trinajstić information content (AvgIpc) is 3.11. The van der Waals surface area contributed by atoms with Gasteiger partial charge in [-0.05, 0) is 25.7 Å². The Morgan fingerprint density at radius 1 is 1.17 bits per heavy atom. The Hall–Kier alpha value is -1.39. The predicted octanol–water partition coefficient (Wildman–Crippen LogP) is 1.03. The van der Waals surface area contributed by atoms with E-state index in [-0.39, 0.29) is 30.2 Å². The highest BCUT2D eigenvalue weighted by Crippen LogP contribution is 2.48. The first kappa shape index (κ1) is 11.7. The van der Waals surface area contributed by atoms with Gasteiger partial charge in [-0.2, -0.15) is 0 Å². The van der Waals surface area contributed by atoms with Gasteiger partial charge in [0.05, 0.1) is 17.3 Å². The lowest BCUT2D eigenvalue weighted by molar-refractivity contribution is -0.147. The van der Waals surface area contributed by atoms with E-state index in [9.17, 15) is 14.4 Å². The van der Waals surface area contributed by atoms with E-state index in [0.29, 0.717) is 12.8 Å². The van der Waals surface area contributed by atoms with E-state index >= 15 is 0 Å². The van der Waals surface area contributed by atoms with E-state index in [0.717, 1.165) is 25.7 Å². The zero-order valence-electron chi connectivity index (χ0n) is 10.2. The molecule has 1 saturated heterocycles. The normalized spacial score (nSPS) is 33.4. The number of nitrogens with zero attached hydrogens (tertiary/aromatic N) is 1. The fourth-order valence-corrected chi connectivity index (χ4v) is 3.28. The van der Waals surface area contributed by atoms with Crippen LogP contribution in [0.2, 0.25) is 0 Å². The van der Waals surface area contributed by atoms with Gasteiger partial charge in [0.25, 0.3) is 0 Å². The number of hydrogen-bond donors (Lipinski definition) is 1. The maximum atomic E-state index is 12.2. The van der Waals surface area contributed by atoms with E-state index in [4.69, 9.17) is 5.11 Å². The van der Waals surface area contributed by atoms with Crippen molar-refractivity contribution in [2.24, 2.45) is 17.3 Å². The molecule has 0 spiro atoms. The van der Waals surface area contributed by atoms with Crippen LogP contribution in [0.25, 0.3) is 0 Å². The van der Waals surface area contributed by atoms with Crippen molar-refractivity contribution in [1.82, 2.24) is 4.90 Å². The number of likely N-dealkylation sites (tertiary alicyclic amines) is 1. The van der Waals surface area contributed by atoms with Crippen molar-refractivity contribution in [2.45, 2.75) is 38.5 Å². The van der Waals surface area contributed by atoms with Crippen molar-refractivity contribution in [3.8, 4) is 0 Å². The number of fused-ring (bicyclic) bond motifs is 1. The molecule has 2 unspecified atom stereocenters. The van der Waals surface area contributed by atoms with Gasteiger partial charge in [-0.1, -0.05) is 12.8 Å². The van der Waals surface area contributed by atoms with Gasteiger partial charge < -0.3 is 5.11 Å². The Kier molecular flexibility index (Phi) is 2.47. The molecule has 2 aliphatic carbocycles. The summed E-state index contributed by atoms with van der Waals surface area (Å²) in [5.74, 6) is -1.47. The first-order valence-electron chi connectivity index (χ1n) is 6.64. The highest BCUT2D eigenvalue weighted by Gasteiger charge is 2.56. The highest BCUT2D eigenvalue weighted by molar-refractivity contribution is 6.05. The zero-order chi connectivity index (χ0) is 12.9. The first-order chi connectivity index (χ1) is 8.55. The minimum atomic E-state index is -0.877. The van der Waals surface area contributed by atoms with Crippen molar-refractivity contribution in [3.05, 3.63) is 0 Å². The van der Waals surface area contributed by atoms with E-state index in [1.807, 2.05) is 0 Å². The number of carbonyl (C=O) groups is 3. The summed E-state index contributed by atoms with van der Waals surface area (Å²) in [4.78, 5) is 36.8. The highest BCUT2D eigenvalue weighted by atomic mass is 16.4. The molecular formula is C13H17NO4. The van der Waals surface area contributed by atoms with Crippen molar-refractivity contribution in [2.75, 3.05) is 6.54 Å². The molecule has 3 fully saturated rings. The summed E-state index contributed by atoms with van der Waals surface area (Å²) >= 11 is 0. The molecule has 0 aromatic heterocycles. The van der Waals surface area contributed by atoms with Crippen molar-refractivity contribution in [3.63, 3.8) is 0 Å². The van der Waals surface area contributed by atoms with Crippen LogP contribution in [0, 0.1) is 17.3 Å². The van der Waals surface area contributed by atoms with Crippen LogP contribution in [0.4, 0.5) is 0 Å².